The lowest BCUT2D eigenvalue weighted by Crippen LogP contribution is -2.23. The number of sulfonamides is 1. The largest absolute Gasteiger partial charge is 0.276 e. The molecule has 1 unspecified atom stereocenters. The highest BCUT2D eigenvalue weighted by atomic mass is 32.2. The van der Waals surface area contributed by atoms with Gasteiger partial charge in [-0.1, -0.05) is 69.6 Å². The van der Waals surface area contributed by atoms with Crippen molar-refractivity contribution in [2.75, 3.05) is 0 Å². The first kappa shape index (κ1) is 20.0. The summed E-state index contributed by atoms with van der Waals surface area (Å²) >= 11 is 0. The van der Waals surface area contributed by atoms with Crippen LogP contribution in [0.2, 0.25) is 0 Å². The van der Waals surface area contributed by atoms with E-state index < -0.39 is 10.0 Å². The third-order valence-electron chi connectivity index (χ3n) is 5.03. The average molecular weight is 365 g/mol. The van der Waals surface area contributed by atoms with Crippen LogP contribution in [0.3, 0.4) is 0 Å². The highest BCUT2D eigenvalue weighted by molar-refractivity contribution is 7.89. The van der Waals surface area contributed by atoms with E-state index in [4.69, 9.17) is 0 Å². The number of hydrogen-bond acceptors (Lipinski definition) is 3. The topological polar surface area (TPSA) is 58.5 Å². The van der Waals surface area contributed by atoms with E-state index in [-0.39, 0.29) is 4.90 Å². The number of hydrogen-bond donors (Lipinski definition) is 1. The maximum absolute atomic E-state index is 12.5. The van der Waals surface area contributed by atoms with Crippen LogP contribution < -0.4 is 4.83 Å². The van der Waals surface area contributed by atoms with Gasteiger partial charge in [0.2, 0.25) is 0 Å². The van der Waals surface area contributed by atoms with Crippen LogP contribution in [0.25, 0.3) is 0 Å². The molecule has 25 heavy (non-hydrogen) atoms. The first-order valence-electron chi connectivity index (χ1n) is 9.64. The molecule has 0 amide bonds. The van der Waals surface area contributed by atoms with Gasteiger partial charge >= 0.3 is 0 Å². The average Bonchev–Trinajstić information content (AvgIpc) is 2.57. The molecule has 1 N–H and O–H groups in total. The van der Waals surface area contributed by atoms with Crippen LogP contribution in [0.4, 0.5) is 0 Å². The molecule has 1 aliphatic rings. The quantitative estimate of drug-likeness (QED) is 0.751. The highest BCUT2D eigenvalue weighted by Gasteiger charge is 2.16. The Morgan fingerprint density at radius 3 is 2.12 bits per heavy atom. The van der Waals surface area contributed by atoms with Crippen molar-refractivity contribution in [1.82, 2.24) is 4.83 Å². The van der Waals surface area contributed by atoms with Crippen molar-refractivity contribution in [2.24, 2.45) is 11.0 Å². The second kappa shape index (κ2) is 9.95. The van der Waals surface area contributed by atoms with Gasteiger partial charge in [0.1, 0.15) is 0 Å². The molecule has 0 aromatic heterocycles. The van der Waals surface area contributed by atoms with Gasteiger partial charge in [-0.05, 0) is 44.2 Å². The number of rotatable bonds is 3. The van der Waals surface area contributed by atoms with Crippen molar-refractivity contribution in [2.45, 2.75) is 83.0 Å². The second-order valence-corrected chi connectivity index (χ2v) is 8.94. The van der Waals surface area contributed by atoms with Crippen LogP contribution in [-0.2, 0) is 10.0 Å². The maximum Gasteiger partial charge on any atom is 0.276 e. The van der Waals surface area contributed by atoms with Gasteiger partial charge in [-0.2, -0.15) is 13.5 Å². The Morgan fingerprint density at radius 2 is 1.48 bits per heavy atom. The Morgan fingerprint density at radius 1 is 0.920 bits per heavy atom. The fourth-order valence-electron chi connectivity index (χ4n) is 3.29. The van der Waals surface area contributed by atoms with E-state index in [1.165, 1.54) is 44.9 Å². The Kier molecular flexibility index (Phi) is 7.94. The molecule has 2 rings (SSSR count). The van der Waals surface area contributed by atoms with Crippen molar-refractivity contribution >= 4 is 15.7 Å². The molecular weight excluding hydrogens is 332 g/mol. The van der Waals surface area contributed by atoms with Crippen LogP contribution in [0.15, 0.2) is 34.3 Å². The zero-order valence-electron chi connectivity index (χ0n) is 15.6. The molecule has 140 valence electrons. The minimum absolute atomic E-state index is 0.267. The summed E-state index contributed by atoms with van der Waals surface area (Å²) in [5, 5.41) is 4.34. The smallest absolute Gasteiger partial charge is 0.200 e. The van der Waals surface area contributed by atoms with Gasteiger partial charge in [0.15, 0.2) is 0 Å². The second-order valence-electron chi connectivity index (χ2n) is 7.28. The molecule has 1 saturated carbocycles. The third kappa shape index (κ3) is 6.81. The van der Waals surface area contributed by atoms with E-state index in [0.29, 0.717) is 5.92 Å². The Bertz CT molecular complexity index is 651. The normalized spacial score (nSPS) is 22.8. The van der Waals surface area contributed by atoms with Gasteiger partial charge in [0, 0.05) is 5.71 Å². The molecule has 0 spiro atoms. The van der Waals surface area contributed by atoms with Crippen LogP contribution >= 0.6 is 0 Å². The van der Waals surface area contributed by atoms with Gasteiger partial charge in [-0.3, -0.25) is 0 Å². The van der Waals surface area contributed by atoms with Crippen LogP contribution in [0.1, 0.15) is 76.7 Å². The predicted molar refractivity (Wildman–Crippen MR) is 104 cm³/mol. The highest BCUT2D eigenvalue weighted by Crippen LogP contribution is 2.19. The fourth-order valence-corrected chi connectivity index (χ4v) is 4.12. The molecule has 1 fully saturated rings. The fraction of sp³-hybridized carbons (Fsp3) is 0.650. The lowest BCUT2D eigenvalue weighted by atomic mass is 9.92. The molecule has 0 bridgehead atoms. The van der Waals surface area contributed by atoms with Crippen LogP contribution in [0.5, 0.6) is 0 Å². The monoisotopic (exact) mass is 364 g/mol. The lowest BCUT2D eigenvalue weighted by molar-refractivity contribution is 0.523. The molecule has 0 aliphatic heterocycles. The first-order chi connectivity index (χ1) is 12.0. The van der Waals surface area contributed by atoms with E-state index in [1.807, 2.05) is 6.92 Å². The molecule has 0 radical (unpaired) electrons. The molecule has 0 heterocycles. The summed E-state index contributed by atoms with van der Waals surface area (Å²) in [6.07, 6.45) is 12.0. The van der Waals surface area contributed by atoms with E-state index in [1.54, 1.807) is 24.3 Å². The summed E-state index contributed by atoms with van der Waals surface area (Å²) in [5.41, 5.74) is 2.04. The zero-order chi connectivity index (χ0) is 18.1. The lowest BCUT2D eigenvalue weighted by Gasteiger charge is -2.16. The standard InChI is InChI=1S/C20H32N2O2S/c1-17-13-15-19(16-14-17)25(23,24)22-21-20-12-10-8-6-4-3-5-7-9-11-18(20)2/h13-16,18,22H,3-12H2,1-2H3/b21-20+. The van der Waals surface area contributed by atoms with E-state index in [0.717, 1.165) is 30.5 Å². The van der Waals surface area contributed by atoms with Crippen molar-refractivity contribution in [3.8, 4) is 0 Å². The van der Waals surface area contributed by atoms with Crippen molar-refractivity contribution in [1.29, 1.82) is 0 Å². The predicted octanol–water partition coefficient (Wildman–Crippen LogP) is 5.18. The summed E-state index contributed by atoms with van der Waals surface area (Å²) in [6.45, 7) is 4.11. The van der Waals surface area contributed by atoms with Gasteiger partial charge in [0.05, 0.1) is 4.90 Å². The SMILES string of the molecule is Cc1ccc(S(=O)(=O)N/N=C2\CCCCCCCCCCC2C)cc1. The van der Waals surface area contributed by atoms with E-state index >= 15 is 0 Å². The van der Waals surface area contributed by atoms with E-state index in [2.05, 4.69) is 16.9 Å². The molecule has 1 aliphatic carbocycles. The summed E-state index contributed by atoms with van der Waals surface area (Å²) in [4.78, 5) is 2.73. The molecular formula is C20H32N2O2S. The first-order valence-corrected chi connectivity index (χ1v) is 11.1. The summed E-state index contributed by atoms with van der Waals surface area (Å²) in [6, 6.07) is 6.87. The van der Waals surface area contributed by atoms with Gasteiger partial charge in [-0.25, -0.2) is 4.83 Å². The Labute approximate surface area is 153 Å². The van der Waals surface area contributed by atoms with Crippen molar-refractivity contribution < 1.29 is 8.42 Å². The van der Waals surface area contributed by atoms with Crippen LogP contribution in [-0.4, -0.2) is 14.1 Å². The summed E-state index contributed by atoms with van der Waals surface area (Å²) in [7, 11) is -3.59. The summed E-state index contributed by atoms with van der Waals surface area (Å²) in [5.74, 6) is 0.333. The number of aryl methyl sites for hydroxylation is 1. The molecule has 1 atom stereocenters. The molecule has 0 saturated heterocycles. The van der Waals surface area contributed by atoms with Crippen molar-refractivity contribution in [3.63, 3.8) is 0 Å². The van der Waals surface area contributed by atoms with Gasteiger partial charge < -0.3 is 0 Å². The molecule has 1 aromatic rings. The number of hydrazone groups is 1. The van der Waals surface area contributed by atoms with E-state index in [9.17, 15) is 8.42 Å². The summed E-state index contributed by atoms with van der Waals surface area (Å²) < 4.78 is 24.9. The number of nitrogens with zero attached hydrogens (tertiary/aromatic N) is 1. The van der Waals surface area contributed by atoms with Gasteiger partial charge in [-0.15, -0.1) is 0 Å². The zero-order valence-corrected chi connectivity index (χ0v) is 16.4. The van der Waals surface area contributed by atoms with Crippen molar-refractivity contribution in [3.05, 3.63) is 29.8 Å². The van der Waals surface area contributed by atoms with Gasteiger partial charge in [0.25, 0.3) is 10.0 Å². The molecule has 4 nitrogen and oxygen atoms in total. The number of nitrogens with one attached hydrogen (secondary N) is 1. The minimum atomic E-state index is -3.59. The minimum Gasteiger partial charge on any atom is -0.200 e. The Balaban J connectivity index is 2.06. The number of benzene rings is 1. The molecule has 1 aromatic carbocycles. The van der Waals surface area contributed by atoms with Crippen LogP contribution in [0, 0.1) is 12.8 Å². The maximum atomic E-state index is 12.5. The Hall–Kier alpha value is -1.36. The third-order valence-corrected chi connectivity index (χ3v) is 6.25. The molecule has 5 heteroatoms.